The van der Waals surface area contributed by atoms with Crippen LogP contribution in [0.5, 0.6) is 5.75 Å². The highest BCUT2D eigenvalue weighted by Gasteiger charge is 2.25. The van der Waals surface area contributed by atoms with Crippen LogP contribution in [0, 0.1) is 5.92 Å². The maximum atomic E-state index is 12.7. The molecular weight excluding hydrogens is 358 g/mol. The van der Waals surface area contributed by atoms with E-state index < -0.39 is 0 Å². The number of benzene rings is 1. The van der Waals surface area contributed by atoms with Crippen LogP contribution >= 0.6 is 12.2 Å². The molecule has 1 aromatic carbocycles. The Morgan fingerprint density at radius 3 is 2.74 bits per heavy atom. The molecule has 0 bridgehead atoms. The fourth-order valence-electron chi connectivity index (χ4n) is 3.63. The molecule has 1 aliphatic carbocycles. The number of rotatable bonds is 6. The van der Waals surface area contributed by atoms with E-state index in [9.17, 15) is 4.79 Å². The molecule has 0 spiro atoms. The first kappa shape index (κ1) is 19.7. The molecule has 0 aliphatic heterocycles. The molecule has 146 valence electrons. The number of hydrogen-bond acceptors (Lipinski definition) is 3. The lowest BCUT2D eigenvalue weighted by atomic mass is 10.1. The minimum Gasteiger partial charge on any atom is -0.497 e. The number of thiocarbonyl (C=S) groups is 1. The lowest BCUT2D eigenvalue weighted by Gasteiger charge is -2.32. The first-order valence-electron chi connectivity index (χ1n) is 9.72. The molecule has 5 nitrogen and oxygen atoms in total. The average Bonchev–Trinajstić information content (AvgIpc) is 3.18. The van der Waals surface area contributed by atoms with Crippen molar-refractivity contribution in [3.63, 3.8) is 0 Å². The zero-order chi connectivity index (χ0) is 19.4. The molecule has 0 amide bonds. The highest BCUT2D eigenvalue weighted by Crippen LogP contribution is 2.25. The van der Waals surface area contributed by atoms with Crippen molar-refractivity contribution >= 4 is 28.2 Å². The molecule has 0 radical (unpaired) electrons. The summed E-state index contributed by atoms with van der Waals surface area (Å²) in [5, 5.41) is 5.13. The summed E-state index contributed by atoms with van der Waals surface area (Å²) in [5.74, 6) is 1.25. The van der Waals surface area contributed by atoms with Crippen LogP contribution in [-0.2, 0) is 6.54 Å². The molecule has 0 atom stereocenters. The molecular formula is C21H29N3O2S. The molecule has 2 aromatic rings. The fourth-order valence-corrected chi connectivity index (χ4v) is 3.93. The van der Waals surface area contributed by atoms with E-state index in [4.69, 9.17) is 17.0 Å². The quantitative estimate of drug-likeness (QED) is 0.738. The SMILES string of the molecule is COc1ccc2cc(CN(C(=S)NCC(C)C)C3CCCC3)c(=O)[nH]c2c1. The summed E-state index contributed by atoms with van der Waals surface area (Å²) in [6.45, 7) is 5.71. The number of methoxy groups -OCH3 is 1. The van der Waals surface area contributed by atoms with Gasteiger partial charge in [0.1, 0.15) is 5.75 Å². The van der Waals surface area contributed by atoms with Crippen LogP contribution in [0.25, 0.3) is 10.9 Å². The van der Waals surface area contributed by atoms with E-state index in [1.165, 1.54) is 12.8 Å². The summed E-state index contributed by atoms with van der Waals surface area (Å²) in [5.41, 5.74) is 1.47. The third-order valence-corrected chi connectivity index (χ3v) is 5.54. The maximum Gasteiger partial charge on any atom is 0.253 e. The fraction of sp³-hybridized carbons (Fsp3) is 0.524. The Bertz CT molecular complexity index is 856. The van der Waals surface area contributed by atoms with Crippen molar-refractivity contribution in [3.8, 4) is 5.75 Å². The Hall–Kier alpha value is -2.08. The summed E-state index contributed by atoms with van der Waals surface area (Å²) >= 11 is 5.69. The van der Waals surface area contributed by atoms with Crippen LogP contribution < -0.4 is 15.6 Å². The van der Waals surface area contributed by atoms with Gasteiger partial charge in [-0.15, -0.1) is 0 Å². The van der Waals surface area contributed by atoms with Crippen molar-refractivity contribution in [2.75, 3.05) is 13.7 Å². The van der Waals surface area contributed by atoms with Gasteiger partial charge >= 0.3 is 0 Å². The summed E-state index contributed by atoms with van der Waals surface area (Å²) in [4.78, 5) is 17.9. The van der Waals surface area contributed by atoms with E-state index in [1.807, 2.05) is 24.3 Å². The number of nitrogens with zero attached hydrogens (tertiary/aromatic N) is 1. The van der Waals surface area contributed by atoms with Gasteiger partial charge in [0.05, 0.1) is 19.2 Å². The molecule has 1 saturated carbocycles. The van der Waals surface area contributed by atoms with E-state index >= 15 is 0 Å². The van der Waals surface area contributed by atoms with E-state index in [0.717, 1.165) is 46.7 Å². The molecule has 1 fully saturated rings. The second-order valence-corrected chi connectivity index (χ2v) is 8.11. The van der Waals surface area contributed by atoms with Crippen molar-refractivity contribution in [3.05, 3.63) is 40.2 Å². The van der Waals surface area contributed by atoms with Crippen LogP contribution in [0.1, 0.15) is 45.1 Å². The Morgan fingerprint density at radius 1 is 1.33 bits per heavy atom. The average molecular weight is 388 g/mol. The predicted molar refractivity (Wildman–Crippen MR) is 114 cm³/mol. The second kappa shape index (κ2) is 8.74. The Balaban J connectivity index is 1.86. The first-order chi connectivity index (χ1) is 13.0. The zero-order valence-electron chi connectivity index (χ0n) is 16.4. The lowest BCUT2D eigenvalue weighted by Crippen LogP contribution is -2.46. The number of hydrogen-bond donors (Lipinski definition) is 2. The number of ether oxygens (including phenoxy) is 1. The van der Waals surface area contributed by atoms with Gasteiger partial charge in [-0.1, -0.05) is 26.7 Å². The van der Waals surface area contributed by atoms with Crippen LogP contribution in [-0.4, -0.2) is 34.7 Å². The Kier molecular flexibility index (Phi) is 6.37. The van der Waals surface area contributed by atoms with E-state index in [-0.39, 0.29) is 5.56 Å². The third kappa shape index (κ3) is 4.80. The first-order valence-corrected chi connectivity index (χ1v) is 10.1. The maximum absolute atomic E-state index is 12.7. The Morgan fingerprint density at radius 2 is 2.07 bits per heavy atom. The summed E-state index contributed by atoms with van der Waals surface area (Å²) < 4.78 is 5.25. The van der Waals surface area contributed by atoms with E-state index in [0.29, 0.717) is 18.5 Å². The number of H-pyrrole nitrogens is 1. The zero-order valence-corrected chi connectivity index (χ0v) is 17.2. The molecule has 2 N–H and O–H groups in total. The monoisotopic (exact) mass is 387 g/mol. The van der Waals surface area contributed by atoms with Gasteiger partial charge in [-0.2, -0.15) is 0 Å². The molecule has 0 saturated heterocycles. The summed E-state index contributed by atoms with van der Waals surface area (Å²) in [7, 11) is 1.62. The third-order valence-electron chi connectivity index (χ3n) is 5.16. The molecule has 6 heteroatoms. The number of pyridine rings is 1. The van der Waals surface area contributed by atoms with Crippen molar-refractivity contribution in [2.45, 2.75) is 52.1 Å². The van der Waals surface area contributed by atoms with Gasteiger partial charge in [-0.05, 0) is 54.6 Å². The molecule has 3 rings (SSSR count). The van der Waals surface area contributed by atoms with Crippen LogP contribution in [0.15, 0.2) is 29.1 Å². The number of fused-ring (bicyclic) bond motifs is 1. The normalized spacial score (nSPS) is 14.7. The van der Waals surface area contributed by atoms with Crippen molar-refractivity contribution in [1.82, 2.24) is 15.2 Å². The van der Waals surface area contributed by atoms with Crippen LogP contribution in [0.4, 0.5) is 0 Å². The molecule has 27 heavy (non-hydrogen) atoms. The van der Waals surface area contributed by atoms with Crippen molar-refractivity contribution in [2.24, 2.45) is 5.92 Å². The predicted octanol–water partition coefficient (Wildman–Crippen LogP) is 3.81. The van der Waals surface area contributed by atoms with Crippen molar-refractivity contribution in [1.29, 1.82) is 0 Å². The number of nitrogens with one attached hydrogen (secondary N) is 2. The van der Waals surface area contributed by atoms with Crippen LogP contribution in [0.3, 0.4) is 0 Å². The highest BCUT2D eigenvalue weighted by atomic mass is 32.1. The standard InChI is InChI=1S/C21H29N3O2S/c1-14(2)12-22-21(27)24(17-6-4-5-7-17)13-16-10-15-8-9-18(26-3)11-19(15)23-20(16)25/h8-11,14,17H,4-7,12-13H2,1-3H3,(H,22,27)(H,23,25). The molecule has 0 unspecified atom stereocenters. The smallest absolute Gasteiger partial charge is 0.253 e. The minimum atomic E-state index is -0.0644. The largest absolute Gasteiger partial charge is 0.497 e. The van der Waals surface area contributed by atoms with Gasteiger partial charge in [-0.25, -0.2) is 0 Å². The van der Waals surface area contributed by atoms with Gasteiger partial charge in [0.2, 0.25) is 0 Å². The molecule has 1 aliphatic rings. The Labute approximate surface area is 166 Å². The van der Waals surface area contributed by atoms with Gasteiger partial charge in [0.15, 0.2) is 5.11 Å². The number of aromatic amines is 1. The lowest BCUT2D eigenvalue weighted by molar-refractivity contribution is 0.301. The molecule has 1 heterocycles. The topological polar surface area (TPSA) is 57.4 Å². The van der Waals surface area contributed by atoms with Crippen LogP contribution in [0.2, 0.25) is 0 Å². The molecule has 1 aromatic heterocycles. The van der Waals surface area contributed by atoms with E-state index in [2.05, 4.69) is 29.0 Å². The minimum absolute atomic E-state index is 0.0644. The summed E-state index contributed by atoms with van der Waals surface area (Å²) in [6, 6.07) is 8.12. The second-order valence-electron chi connectivity index (χ2n) is 7.72. The van der Waals surface area contributed by atoms with Gasteiger partial charge in [-0.3, -0.25) is 4.79 Å². The van der Waals surface area contributed by atoms with Gasteiger partial charge in [0, 0.05) is 24.2 Å². The van der Waals surface area contributed by atoms with E-state index in [1.54, 1.807) is 7.11 Å². The highest BCUT2D eigenvalue weighted by molar-refractivity contribution is 7.80. The van der Waals surface area contributed by atoms with Crippen molar-refractivity contribution < 1.29 is 4.74 Å². The van der Waals surface area contributed by atoms with Gasteiger partial charge < -0.3 is 19.9 Å². The van der Waals surface area contributed by atoms with Gasteiger partial charge in [0.25, 0.3) is 5.56 Å². The number of aromatic nitrogens is 1. The summed E-state index contributed by atoms with van der Waals surface area (Å²) in [6.07, 6.45) is 4.71.